The SMILES string of the molecule is CC(C)c1ccc(NCc2cn3cc(Cl)ccc3n2)cc1. The second kappa shape index (κ2) is 5.78. The summed E-state index contributed by atoms with van der Waals surface area (Å²) in [5.74, 6) is 0.558. The van der Waals surface area contributed by atoms with E-state index in [4.69, 9.17) is 11.6 Å². The second-order valence-corrected chi connectivity index (χ2v) is 5.91. The van der Waals surface area contributed by atoms with Crippen LogP contribution in [0.15, 0.2) is 48.8 Å². The van der Waals surface area contributed by atoms with Crippen LogP contribution in [0.2, 0.25) is 5.02 Å². The highest BCUT2D eigenvalue weighted by Crippen LogP contribution is 2.18. The first-order valence-electron chi connectivity index (χ1n) is 7.09. The zero-order valence-corrected chi connectivity index (χ0v) is 12.9. The summed E-state index contributed by atoms with van der Waals surface area (Å²) in [6, 6.07) is 12.3. The Kier molecular flexibility index (Phi) is 3.84. The summed E-state index contributed by atoms with van der Waals surface area (Å²) in [5.41, 5.74) is 4.36. The van der Waals surface area contributed by atoms with E-state index in [1.165, 1.54) is 5.56 Å². The third kappa shape index (κ3) is 3.19. The molecule has 0 atom stereocenters. The van der Waals surface area contributed by atoms with Crippen LogP contribution in [0.25, 0.3) is 5.65 Å². The number of benzene rings is 1. The van der Waals surface area contributed by atoms with Crippen LogP contribution < -0.4 is 5.32 Å². The highest BCUT2D eigenvalue weighted by atomic mass is 35.5. The van der Waals surface area contributed by atoms with Crippen molar-refractivity contribution >= 4 is 22.9 Å². The Morgan fingerprint density at radius 2 is 1.86 bits per heavy atom. The van der Waals surface area contributed by atoms with Crippen LogP contribution in [0.1, 0.15) is 31.0 Å². The molecule has 0 unspecified atom stereocenters. The molecule has 1 aromatic carbocycles. The molecule has 3 rings (SSSR count). The summed E-state index contributed by atoms with van der Waals surface area (Å²) in [5, 5.41) is 4.11. The average molecular weight is 300 g/mol. The summed E-state index contributed by atoms with van der Waals surface area (Å²) in [6.45, 7) is 5.09. The van der Waals surface area contributed by atoms with E-state index >= 15 is 0 Å². The molecule has 0 aliphatic rings. The zero-order valence-electron chi connectivity index (χ0n) is 12.2. The van der Waals surface area contributed by atoms with Crippen LogP contribution in [0.3, 0.4) is 0 Å². The Morgan fingerprint density at radius 1 is 1.10 bits per heavy atom. The van der Waals surface area contributed by atoms with Crippen LogP contribution in [-0.4, -0.2) is 9.38 Å². The number of hydrogen-bond donors (Lipinski definition) is 1. The quantitative estimate of drug-likeness (QED) is 0.755. The lowest BCUT2D eigenvalue weighted by molar-refractivity contribution is 0.866. The smallest absolute Gasteiger partial charge is 0.137 e. The number of imidazole rings is 1. The molecule has 3 nitrogen and oxygen atoms in total. The fourth-order valence-corrected chi connectivity index (χ4v) is 2.45. The normalized spacial score (nSPS) is 11.2. The van der Waals surface area contributed by atoms with E-state index in [1.54, 1.807) is 0 Å². The fourth-order valence-electron chi connectivity index (χ4n) is 2.28. The minimum atomic E-state index is 0.558. The molecule has 2 heterocycles. The lowest BCUT2D eigenvalue weighted by Gasteiger charge is -2.08. The molecule has 0 saturated heterocycles. The lowest BCUT2D eigenvalue weighted by Crippen LogP contribution is -1.99. The van der Waals surface area contributed by atoms with Crippen molar-refractivity contribution in [2.24, 2.45) is 0 Å². The van der Waals surface area contributed by atoms with Crippen molar-refractivity contribution in [3.63, 3.8) is 0 Å². The van der Waals surface area contributed by atoms with Gasteiger partial charge in [0.05, 0.1) is 17.3 Å². The van der Waals surface area contributed by atoms with Crippen LogP contribution in [0.4, 0.5) is 5.69 Å². The van der Waals surface area contributed by atoms with Gasteiger partial charge in [0.25, 0.3) is 0 Å². The van der Waals surface area contributed by atoms with Gasteiger partial charge in [0.15, 0.2) is 0 Å². The van der Waals surface area contributed by atoms with Crippen molar-refractivity contribution in [1.29, 1.82) is 0 Å². The van der Waals surface area contributed by atoms with E-state index in [1.807, 2.05) is 28.9 Å². The molecule has 21 heavy (non-hydrogen) atoms. The molecule has 0 saturated carbocycles. The maximum atomic E-state index is 5.98. The first-order chi connectivity index (χ1) is 10.1. The molecular weight excluding hydrogens is 282 g/mol. The van der Waals surface area contributed by atoms with Crippen molar-refractivity contribution in [3.8, 4) is 0 Å². The molecule has 0 aliphatic heterocycles. The molecule has 0 aliphatic carbocycles. The predicted molar refractivity (Wildman–Crippen MR) is 88.1 cm³/mol. The molecular formula is C17H18ClN3. The number of pyridine rings is 1. The third-order valence-corrected chi connectivity index (χ3v) is 3.74. The Labute approximate surface area is 129 Å². The highest BCUT2D eigenvalue weighted by Gasteiger charge is 2.03. The standard InChI is InChI=1S/C17H18ClN3/c1-12(2)13-3-6-15(7-4-13)19-9-16-11-21-10-14(18)5-8-17(21)20-16/h3-8,10-12,19H,9H2,1-2H3. The Balaban J connectivity index is 1.71. The zero-order chi connectivity index (χ0) is 14.8. The summed E-state index contributed by atoms with van der Waals surface area (Å²) >= 11 is 5.98. The predicted octanol–water partition coefficient (Wildman–Crippen LogP) is 4.72. The van der Waals surface area contributed by atoms with Crippen molar-refractivity contribution in [1.82, 2.24) is 9.38 Å². The van der Waals surface area contributed by atoms with Gasteiger partial charge in [0.2, 0.25) is 0 Å². The van der Waals surface area contributed by atoms with Gasteiger partial charge in [-0.05, 0) is 35.7 Å². The first-order valence-corrected chi connectivity index (χ1v) is 7.46. The lowest BCUT2D eigenvalue weighted by atomic mass is 10.0. The van der Waals surface area contributed by atoms with Gasteiger partial charge in [-0.1, -0.05) is 37.6 Å². The molecule has 0 fully saturated rings. The minimum Gasteiger partial charge on any atom is -0.379 e. The van der Waals surface area contributed by atoms with Gasteiger partial charge < -0.3 is 9.72 Å². The van der Waals surface area contributed by atoms with Crippen LogP contribution >= 0.6 is 11.6 Å². The van der Waals surface area contributed by atoms with E-state index in [9.17, 15) is 0 Å². The van der Waals surface area contributed by atoms with Gasteiger partial charge in [0, 0.05) is 18.1 Å². The number of anilines is 1. The van der Waals surface area contributed by atoms with E-state index < -0.39 is 0 Å². The van der Waals surface area contributed by atoms with Gasteiger partial charge >= 0.3 is 0 Å². The van der Waals surface area contributed by atoms with Crippen LogP contribution in [0, 0.1) is 0 Å². The van der Waals surface area contributed by atoms with Gasteiger partial charge in [-0.2, -0.15) is 0 Å². The van der Waals surface area contributed by atoms with E-state index in [2.05, 4.69) is 48.4 Å². The topological polar surface area (TPSA) is 29.3 Å². The molecule has 2 aromatic heterocycles. The third-order valence-electron chi connectivity index (χ3n) is 3.52. The Hall–Kier alpha value is -2.00. The molecule has 4 heteroatoms. The number of fused-ring (bicyclic) bond motifs is 1. The largest absolute Gasteiger partial charge is 0.379 e. The summed E-state index contributed by atoms with van der Waals surface area (Å²) in [7, 11) is 0. The van der Waals surface area contributed by atoms with Crippen LogP contribution in [-0.2, 0) is 6.54 Å². The maximum absolute atomic E-state index is 5.98. The summed E-state index contributed by atoms with van der Waals surface area (Å²) in [4.78, 5) is 4.56. The first kappa shape index (κ1) is 14.0. The summed E-state index contributed by atoms with van der Waals surface area (Å²) < 4.78 is 1.95. The van der Waals surface area contributed by atoms with Crippen molar-refractivity contribution in [3.05, 3.63) is 65.1 Å². The van der Waals surface area contributed by atoms with Gasteiger partial charge in [-0.25, -0.2) is 4.98 Å². The monoisotopic (exact) mass is 299 g/mol. The van der Waals surface area contributed by atoms with Gasteiger partial charge in [-0.15, -0.1) is 0 Å². The molecule has 108 valence electrons. The van der Waals surface area contributed by atoms with Crippen molar-refractivity contribution in [2.45, 2.75) is 26.3 Å². The fraction of sp³-hybridized carbons (Fsp3) is 0.235. The Bertz CT molecular complexity index is 744. The Morgan fingerprint density at radius 3 is 2.57 bits per heavy atom. The number of halogens is 1. The number of aromatic nitrogens is 2. The van der Waals surface area contributed by atoms with E-state index in [-0.39, 0.29) is 0 Å². The van der Waals surface area contributed by atoms with Crippen molar-refractivity contribution in [2.75, 3.05) is 5.32 Å². The number of nitrogens with one attached hydrogen (secondary N) is 1. The molecule has 1 N–H and O–H groups in total. The highest BCUT2D eigenvalue weighted by molar-refractivity contribution is 6.30. The molecule has 0 amide bonds. The van der Waals surface area contributed by atoms with Crippen molar-refractivity contribution < 1.29 is 0 Å². The average Bonchev–Trinajstić information content (AvgIpc) is 2.87. The number of nitrogens with zero attached hydrogens (tertiary/aromatic N) is 2. The summed E-state index contributed by atoms with van der Waals surface area (Å²) in [6.07, 6.45) is 3.86. The molecule has 0 bridgehead atoms. The van der Waals surface area contributed by atoms with Gasteiger partial charge in [0.1, 0.15) is 5.65 Å². The van der Waals surface area contributed by atoms with Crippen LogP contribution in [0.5, 0.6) is 0 Å². The second-order valence-electron chi connectivity index (χ2n) is 5.48. The van der Waals surface area contributed by atoms with E-state index in [0.717, 1.165) is 17.0 Å². The number of hydrogen-bond acceptors (Lipinski definition) is 2. The number of rotatable bonds is 4. The molecule has 0 spiro atoms. The van der Waals surface area contributed by atoms with Gasteiger partial charge in [-0.3, -0.25) is 0 Å². The minimum absolute atomic E-state index is 0.558. The maximum Gasteiger partial charge on any atom is 0.137 e. The molecule has 3 aromatic rings. The molecule has 0 radical (unpaired) electrons. The van der Waals surface area contributed by atoms with E-state index in [0.29, 0.717) is 17.5 Å².